The van der Waals surface area contributed by atoms with Crippen molar-refractivity contribution < 1.29 is 14.7 Å². The van der Waals surface area contributed by atoms with Crippen LogP contribution in [0.5, 0.6) is 0 Å². The summed E-state index contributed by atoms with van der Waals surface area (Å²) < 4.78 is 1.27. The fourth-order valence-electron chi connectivity index (χ4n) is 1.90. The summed E-state index contributed by atoms with van der Waals surface area (Å²) in [4.78, 5) is 34.8. The second-order valence-electron chi connectivity index (χ2n) is 4.52. The van der Waals surface area contributed by atoms with E-state index in [4.69, 9.17) is 5.11 Å². The third-order valence-electron chi connectivity index (χ3n) is 2.96. The van der Waals surface area contributed by atoms with Crippen LogP contribution in [0, 0.1) is 6.92 Å². The molecule has 2 N–H and O–H groups in total. The number of amides is 1. The molecule has 1 aromatic heterocycles. The third kappa shape index (κ3) is 3.36. The first-order chi connectivity index (χ1) is 9.99. The maximum atomic E-state index is 12.0. The van der Waals surface area contributed by atoms with Gasteiger partial charge in [-0.2, -0.15) is 0 Å². The van der Waals surface area contributed by atoms with Crippen molar-refractivity contribution >= 4 is 17.6 Å². The molecule has 21 heavy (non-hydrogen) atoms. The van der Waals surface area contributed by atoms with Gasteiger partial charge in [-0.1, -0.05) is 18.2 Å². The molecule has 0 spiro atoms. The van der Waals surface area contributed by atoms with Crippen LogP contribution in [0.25, 0.3) is 0 Å². The number of aromatic carboxylic acids is 1. The number of nitrogens with one attached hydrogen (secondary N) is 1. The van der Waals surface area contributed by atoms with Crippen LogP contribution >= 0.6 is 0 Å². The highest BCUT2D eigenvalue weighted by Gasteiger charge is 2.12. The molecular weight excluding hydrogens is 272 g/mol. The lowest BCUT2D eigenvalue weighted by Crippen LogP contribution is -2.28. The van der Waals surface area contributed by atoms with E-state index >= 15 is 0 Å². The molecule has 0 fully saturated rings. The number of carboxylic acids is 1. The monoisotopic (exact) mass is 286 g/mol. The highest BCUT2D eigenvalue weighted by Crippen LogP contribution is 2.14. The topological polar surface area (TPSA) is 88.4 Å². The van der Waals surface area contributed by atoms with Crippen molar-refractivity contribution in [1.82, 2.24) is 4.57 Å². The van der Waals surface area contributed by atoms with Crippen molar-refractivity contribution in [1.29, 1.82) is 0 Å². The molecule has 108 valence electrons. The van der Waals surface area contributed by atoms with Gasteiger partial charge in [0.1, 0.15) is 6.54 Å². The smallest absolute Gasteiger partial charge is 0.337 e. The number of aryl methyl sites for hydroxylation is 1. The molecule has 6 nitrogen and oxygen atoms in total. The number of rotatable bonds is 4. The summed E-state index contributed by atoms with van der Waals surface area (Å²) in [5.74, 6) is -1.59. The number of carbonyl (C=O) groups is 2. The van der Waals surface area contributed by atoms with E-state index in [1.165, 1.54) is 22.9 Å². The van der Waals surface area contributed by atoms with Gasteiger partial charge in [0.15, 0.2) is 0 Å². The fraction of sp³-hybridized carbons (Fsp3) is 0.133. The number of carboxylic acid groups (broad SMARTS) is 1. The molecule has 0 saturated carbocycles. The van der Waals surface area contributed by atoms with Gasteiger partial charge in [-0.15, -0.1) is 0 Å². The molecule has 0 saturated heterocycles. The third-order valence-corrected chi connectivity index (χ3v) is 2.96. The number of para-hydroxylation sites is 1. The van der Waals surface area contributed by atoms with Crippen LogP contribution in [0.4, 0.5) is 5.69 Å². The molecule has 2 aromatic rings. The lowest BCUT2D eigenvalue weighted by atomic mass is 10.2. The Kier molecular flexibility index (Phi) is 4.18. The van der Waals surface area contributed by atoms with E-state index in [0.717, 1.165) is 0 Å². The Morgan fingerprint density at radius 3 is 2.62 bits per heavy atom. The molecule has 1 heterocycles. The minimum atomic E-state index is -1.13. The standard InChI is InChI=1S/C15H14N2O4/c1-10-5-4-8-17(14(10)19)9-13(18)16-12-7-3-2-6-11(12)15(20)21/h2-8H,9H2,1H3,(H,16,18)(H,20,21). The molecular formula is C15H14N2O4. The van der Waals surface area contributed by atoms with Crippen LogP contribution in [0.2, 0.25) is 0 Å². The number of aromatic nitrogens is 1. The second kappa shape index (κ2) is 6.04. The Hall–Kier alpha value is -2.89. The molecule has 1 amide bonds. The summed E-state index contributed by atoms with van der Waals surface area (Å²) >= 11 is 0. The van der Waals surface area contributed by atoms with Gasteiger partial charge < -0.3 is 15.0 Å². The molecule has 0 bridgehead atoms. The summed E-state index contributed by atoms with van der Waals surface area (Å²) in [7, 11) is 0. The lowest BCUT2D eigenvalue weighted by Gasteiger charge is -2.09. The Bertz CT molecular complexity index is 749. The first kappa shape index (κ1) is 14.5. The molecule has 0 aliphatic carbocycles. The predicted molar refractivity (Wildman–Crippen MR) is 77.5 cm³/mol. The highest BCUT2D eigenvalue weighted by atomic mass is 16.4. The van der Waals surface area contributed by atoms with Gasteiger partial charge in [-0.05, 0) is 25.1 Å². The van der Waals surface area contributed by atoms with E-state index in [2.05, 4.69) is 5.32 Å². The quantitative estimate of drug-likeness (QED) is 0.891. The molecule has 1 aromatic carbocycles. The molecule has 0 aliphatic rings. The molecule has 0 unspecified atom stereocenters. The normalized spacial score (nSPS) is 10.1. The largest absolute Gasteiger partial charge is 0.478 e. The Labute approximate surface area is 120 Å². The van der Waals surface area contributed by atoms with Crippen LogP contribution in [0.15, 0.2) is 47.4 Å². The first-order valence-electron chi connectivity index (χ1n) is 6.27. The van der Waals surface area contributed by atoms with Crippen molar-refractivity contribution in [2.75, 3.05) is 5.32 Å². The Morgan fingerprint density at radius 1 is 1.19 bits per heavy atom. The maximum absolute atomic E-state index is 12.0. The highest BCUT2D eigenvalue weighted by molar-refractivity contribution is 6.00. The van der Waals surface area contributed by atoms with E-state index in [1.54, 1.807) is 31.2 Å². The zero-order chi connectivity index (χ0) is 15.4. The minimum Gasteiger partial charge on any atom is -0.478 e. The summed E-state index contributed by atoms with van der Waals surface area (Å²) in [6, 6.07) is 9.44. The van der Waals surface area contributed by atoms with Gasteiger partial charge >= 0.3 is 5.97 Å². The average molecular weight is 286 g/mol. The van der Waals surface area contributed by atoms with Gasteiger partial charge in [0.25, 0.3) is 5.56 Å². The zero-order valence-electron chi connectivity index (χ0n) is 11.4. The summed E-state index contributed by atoms with van der Waals surface area (Å²) in [6.07, 6.45) is 1.51. The maximum Gasteiger partial charge on any atom is 0.337 e. The van der Waals surface area contributed by atoms with Crippen molar-refractivity contribution in [2.24, 2.45) is 0 Å². The fourth-order valence-corrected chi connectivity index (χ4v) is 1.90. The van der Waals surface area contributed by atoms with E-state index in [0.29, 0.717) is 5.56 Å². The molecule has 0 aliphatic heterocycles. The molecule has 6 heteroatoms. The number of pyridine rings is 1. The second-order valence-corrected chi connectivity index (χ2v) is 4.52. The van der Waals surface area contributed by atoms with Crippen molar-refractivity contribution in [3.8, 4) is 0 Å². The molecule has 0 atom stereocenters. The first-order valence-corrected chi connectivity index (χ1v) is 6.27. The van der Waals surface area contributed by atoms with E-state index in [9.17, 15) is 14.4 Å². The van der Waals surface area contributed by atoms with E-state index < -0.39 is 11.9 Å². The van der Waals surface area contributed by atoms with Crippen LogP contribution in [0.3, 0.4) is 0 Å². The lowest BCUT2D eigenvalue weighted by molar-refractivity contribution is -0.116. The summed E-state index contributed by atoms with van der Waals surface area (Å²) in [5, 5.41) is 11.5. The number of hydrogen-bond acceptors (Lipinski definition) is 3. The number of nitrogens with zero attached hydrogens (tertiary/aromatic N) is 1. The summed E-state index contributed by atoms with van der Waals surface area (Å²) in [5.41, 5.74) is 0.494. The van der Waals surface area contributed by atoms with Gasteiger partial charge in [0, 0.05) is 11.8 Å². The van der Waals surface area contributed by atoms with Crippen molar-refractivity contribution in [3.63, 3.8) is 0 Å². The van der Waals surface area contributed by atoms with Gasteiger partial charge in [-0.3, -0.25) is 9.59 Å². The van der Waals surface area contributed by atoms with Crippen LogP contribution < -0.4 is 10.9 Å². The van der Waals surface area contributed by atoms with E-state index in [-0.39, 0.29) is 23.4 Å². The van der Waals surface area contributed by atoms with Gasteiger partial charge in [0.2, 0.25) is 5.91 Å². The van der Waals surface area contributed by atoms with Crippen LogP contribution in [-0.2, 0) is 11.3 Å². The van der Waals surface area contributed by atoms with Gasteiger partial charge in [-0.25, -0.2) is 4.79 Å². The predicted octanol–water partition coefficient (Wildman–Crippen LogP) is 1.49. The minimum absolute atomic E-state index is 0.00226. The SMILES string of the molecule is Cc1cccn(CC(=O)Nc2ccccc2C(=O)O)c1=O. The van der Waals surface area contributed by atoms with Crippen molar-refractivity contribution in [2.45, 2.75) is 13.5 Å². The Morgan fingerprint density at radius 2 is 1.90 bits per heavy atom. The number of benzene rings is 1. The number of carbonyl (C=O) groups excluding carboxylic acids is 1. The molecule has 2 rings (SSSR count). The molecule has 0 radical (unpaired) electrons. The van der Waals surface area contributed by atoms with Crippen LogP contribution in [0.1, 0.15) is 15.9 Å². The zero-order valence-corrected chi connectivity index (χ0v) is 11.4. The summed E-state index contributed by atoms with van der Waals surface area (Å²) in [6.45, 7) is 1.49. The average Bonchev–Trinajstić information content (AvgIpc) is 2.44. The Balaban J connectivity index is 2.18. The van der Waals surface area contributed by atoms with Crippen LogP contribution in [-0.4, -0.2) is 21.6 Å². The van der Waals surface area contributed by atoms with Gasteiger partial charge in [0.05, 0.1) is 11.3 Å². The van der Waals surface area contributed by atoms with E-state index in [1.807, 2.05) is 0 Å². The number of hydrogen-bond donors (Lipinski definition) is 2. The van der Waals surface area contributed by atoms with Crippen molar-refractivity contribution in [3.05, 3.63) is 64.1 Å². The number of anilines is 1.